The fourth-order valence-corrected chi connectivity index (χ4v) is 2.05. The van der Waals surface area contributed by atoms with E-state index in [0.29, 0.717) is 11.5 Å². The number of rotatable bonds is 2. The molecule has 0 unspecified atom stereocenters. The van der Waals surface area contributed by atoms with Crippen molar-refractivity contribution in [1.82, 2.24) is 24.7 Å². The molecule has 0 saturated carbocycles. The minimum absolute atomic E-state index is 0.0517. The summed E-state index contributed by atoms with van der Waals surface area (Å²) in [6.07, 6.45) is 1.66. The summed E-state index contributed by atoms with van der Waals surface area (Å²) in [5.41, 5.74) is 1.59. The Bertz CT molecular complexity index is 691. The van der Waals surface area contributed by atoms with Crippen LogP contribution in [0.5, 0.6) is 0 Å². The average molecular weight is 292 g/mol. The summed E-state index contributed by atoms with van der Waals surface area (Å²) in [6, 6.07) is 11.4. The Morgan fingerprint density at radius 2 is 1.53 bits per heavy atom. The smallest absolute Gasteiger partial charge is 0.227 e. The maximum atomic E-state index is 5.79. The summed E-state index contributed by atoms with van der Waals surface area (Å²) in [4.78, 5) is 11.8. The van der Waals surface area contributed by atoms with Crippen molar-refractivity contribution in [1.29, 1.82) is 0 Å². The van der Waals surface area contributed by atoms with E-state index < -0.39 is 0 Å². The van der Waals surface area contributed by atoms with Gasteiger partial charge in [-0.05, 0) is 41.4 Å². The van der Waals surface area contributed by atoms with Crippen molar-refractivity contribution < 1.29 is 0 Å². The molecular formula is C12H7Cl2N5. The summed E-state index contributed by atoms with van der Waals surface area (Å²) in [5.74, 6) is 0.381. The van der Waals surface area contributed by atoms with Crippen molar-refractivity contribution in [2.24, 2.45) is 0 Å². The van der Waals surface area contributed by atoms with Crippen LogP contribution in [0.4, 0.5) is 0 Å². The highest BCUT2D eigenvalue weighted by atomic mass is 35.5. The molecule has 0 spiro atoms. The highest BCUT2D eigenvalue weighted by Gasteiger charge is 2.12. The molecule has 2 aromatic heterocycles. The Balaban J connectivity index is 2.15. The highest BCUT2D eigenvalue weighted by molar-refractivity contribution is 6.31. The van der Waals surface area contributed by atoms with Crippen LogP contribution in [0.15, 0.2) is 42.6 Å². The fourth-order valence-electron chi connectivity index (χ4n) is 1.69. The molecule has 3 rings (SSSR count). The summed E-state index contributed by atoms with van der Waals surface area (Å²) in [5, 5.41) is 4.36. The second-order valence-electron chi connectivity index (χ2n) is 3.66. The molecule has 0 saturated heterocycles. The van der Waals surface area contributed by atoms with E-state index in [9.17, 15) is 0 Å². The van der Waals surface area contributed by atoms with E-state index in [4.69, 9.17) is 23.2 Å². The van der Waals surface area contributed by atoms with Crippen LogP contribution in [0.2, 0.25) is 10.6 Å². The van der Waals surface area contributed by atoms with Crippen LogP contribution >= 0.6 is 23.2 Å². The first-order chi connectivity index (χ1) is 9.24. The predicted octanol–water partition coefficient (Wildman–Crippen LogP) is 3.03. The minimum Gasteiger partial charge on any atom is -0.230 e. The largest absolute Gasteiger partial charge is 0.230 e. The number of nitrogens with zero attached hydrogens (tertiary/aromatic N) is 5. The van der Waals surface area contributed by atoms with E-state index in [1.165, 1.54) is 0 Å². The van der Waals surface area contributed by atoms with Gasteiger partial charge in [0.1, 0.15) is 5.69 Å². The van der Waals surface area contributed by atoms with Crippen LogP contribution in [0.25, 0.3) is 17.2 Å². The summed E-state index contributed by atoms with van der Waals surface area (Å²) < 4.78 is 1.71. The zero-order valence-electron chi connectivity index (χ0n) is 9.53. The molecule has 0 fully saturated rings. The van der Waals surface area contributed by atoms with Gasteiger partial charge in [-0.25, -0.2) is 4.68 Å². The van der Waals surface area contributed by atoms with Gasteiger partial charge in [-0.2, -0.15) is 20.1 Å². The molecule has 5 nitrogen and oxygen atoms in total. The molecule has 3 aromatic rings. The molecule has 2 heterocycles. The van der Waals surface area contributed by atoms with Crippen molar-refractivity contribution in [3.05, 3.63) is 53.2 Å². The number of halogens is 2. The quantitative estimate of drug-likeness (QED) is 0.728. The van der Waals surface area contributed by atoms with Crippen LogP contribution in [0, 0.1) is 0 Å². The highest BCUT2D eigenvalue weighted by Crippen LogP contribution is 2.20. The predicted molar refractivity (Wildman–Crippen MR) is 72.4 cm³/mol. The van der Waals surface area contributed by atoms with E-state index in [-0.39, 0.29) is 10.6 Å². The summed E-state index contributed by atoms with van der Waals surface area (Å²) >= 11 is 11.6. The molecule has 0 N–H and O–H groups in total. The van der Waals surface area contributed by atoms with E-state index in [2.05, 4.69) is 20.1 Å². The summed E-state index contributed by atoms with van der Waals surface area (Å²) in [7, 11) is 0. The normalized spacial score (nSPS) is 10.6. The molecule has 1 aromatic carbocycles. The van der Waals surface area contributed by atoms with Gasteiger partial charge in [0.2, 0.25) is 10.6 Å². The van der Waals surface area contributed by atoms with E-state index >= 15 is 0 Å². The van der Waals surface area contributed by atoms with E-state index in [0.717, 1.165) is 5.69 Å². The maximum absolute atomic E-state index is 5.79. The van der Waals surface area contributed by atoms with E-state index in [1.807, 2.05) is 30.3 Å². The standard InChI is InChI=1S/C12H7Cl2N5/c13-11-16-10(17-12(14)18-11)9-6-7-15-19(9)8-4-2-1-3-5-8/h1-7H. The van der Waals surface area contributed by atoms with Crippen LogP contribution < -0.4 is 0 Å². The van der Waals surface area contributed by atoms with Crippen LogP contribution in [-0.2, 0) is 0 Å². The Morgan fingerprint density at radius 1 is 0.842 bits per heavy atom. The maximum Gasteiger partial charge on any atom is 0.227 e. The Morgan fingerprint density at radius 3 is 2.21 bits per heavy atom. The van der Waals surface area contributed by atoms with Gasteiger partial charge in [0.25, 0.3) is 0 Å². The van der Waals surface area contributed by atoms with Gasteiger partial charge in [-0.1, -0.05) is 18.2 Å². The second-order valence-corrected chi connectivity index (χ2v) is 4.34. The van der Waals surface area contributed by atoms with Gasteiger partial charge < -0.3 is 0 Å². The Hall–Kier alpha value is -1.98. The molecular weight excluding hydrogens is 285 g/mol. The zero-order valence-corrected chi connectivity index (χ0v) is 11.0. The first-order valence-corrected chi connectivity index (χ1v) is 6.16. The van der Waals surface area contributed by atoms with Gasteiger partial charge in [-0.15, -0.1) is 0 Å². The lowest BCUT2D eigenvalue weighted by Gasteiger charge is -2.06. The molecule has 0 bridgehead atoms. The average Bonchev–Trinajstić information content (AvgIpc) is 2.88. The molecule has 0 radical (unpaired) electrons. The molecule has 0 aliphatic carbocycles. The third kappa shape index (κ3) is 2.43. The Labute approximate surface area is 118 Å². The molecule has 7 heteroatoms. The van der Waals surface area contributed by atoms with Crippen molar-refractivity contribution in [3.8, 4) is 17.2 Å². The van der Waals surface area contributed by atoms with Crippen molar-refractivity contribution in [2.45, 2.75) is 0 Å². The molecule has 0 atom stereocenters. The van der Waals surface area contributed by atoms with Crippen molar-refractivity contribution >= 4 is 23.2 Å². The second kappa shape index (κ2) is 4.95. The topological polar surface area (TPSA) is 56.5 Å². The lowest BCUT2D eigenvalue weighted by molar-refractivity contribution is 0.874. The number of benzene rings is 1. The van der Waals surface area contributed by atoms with Crippen LogP contribution in [-0.4, -0.2) is 24.7 Å². The van der Waals surface area contributed by atoms with Crippen molar-refractivity contribution in [2.75, 3.05) is 0 Å². The van der Waals surface area contributed by atoms with Gasteiger partial charge in [0.05, 0.1) is 11.9 Å². The van der Waals surface area contributed by atoms with Gasteiger partial charge in [0, 0.05) is 0 Å². The summed E-state index contributed by atoms with van der Waals surface area (Å²) in [6.45, 7) is 0. The first-order valence-electron chi connectivity index (χ1n) is 5.41. The zero-order chi connectivity index (χ0) is 13.2. The molecule has 0 aliphatic rings. The van der Waals surface area contributed by atoms with Gasteiger partial charge in [0.15, 0.2) is 5.82 Å². The van der Waals surface area contributed by atoms with Crippen LogP contribution in [0.1, 0.15) is 0 Å². The lowest BCUT2D eigenvalue weighted by Crippen LogP contribution is -2.02. The molecule has 0 amide bonds. The van der Waals surface area contributed by atoms with Crippen molar-refractivity contribution in [3.63, 3.8) is 0 Å². The SMILES string of the molecule is Clc1nc(Cl)nc(-c2ccnn2-c2ccccc2)n1. The molecule has 19 heavy (non-hydrogen) atoms. The number of para-hydroxylation sites is 1. The number of hydrogen-bond donors (Lipinski definition) is 0. The molecule has 94 valence electrons. The van der Waals surface area contributed by atoms with E-state index in [1.54, 1.807) is 16.9 Å². The Kier molecular flexibility index (Phi) is 3.15. The van der Waals surface area contributed by atoms with Crippen LogP contribution in [0.3, 0.4) is 0 Å². The molecule has 0 aliphatic heterocycles. The van der Waals surface area contributed by atoms with Gasteiger partial charge >= 0.3 is 0 Å². The van der Waals surface area contributed by atoms with Gasteiger partial charge in [-0.3, -0.25) is 0 Å². The minimum atomic E-state index is 0.0517. The third-order valence-electron chi connectivity index (χ3n) is 2.45. The number of aromatic nitrogens is 5. The number of hydrogen-bond acceptors (Lipinski definition) is 4. The fraction of sp³-hybridized carbons (Fsp3) is 0. The monoisotopic (exact) mass is 291 g/mol. The third-order valence-corrected chi connectivity index (χ3v) is 2.79. The lowest BCUT2D eigenvalue weighted by atomic mass is 10.3. The first kappa shape index (κ1) is 12.1.